The maximum atomic E-state index is 11.3. The van der Waals surface area contributed by atoms with Crippen LogP contribution in [0.5, 0.6) is 0 Å². The third kappa shape index (κ3) is 2.83. The summed E-state index contributed by atoms with van der Waals surface area (Å²) >= 11 is 0. The van der Waals surface area contributed by atoms with Crippen molar-refractivity contribution in [1.29, 1.82) is 0 Å². The molecule has 1 rings (SSSR count). The van der Waals surface area contributed by atoms with Crippen LogP contribution < -0.4 is 0 Å². The van der Waals surface area contributed by atoms with Gasteiger partial charge in [-0.2, -0.15) is 0 Å². The second-order valence-corrected chi connectivity index (χ2v) is 3.32. The molecule has 1 aliphatic rings. The average Bonchev–Trinajstić information content (AvgIpc) is 2.65. The Morgan fingerprint density at radius 2 is 1.64 bits per heavy atom. The lowest BCUT2D eigenvalue weighted by Crippen LogP contribution is -2.34. The number of carbonyl (C=O) groups excluding carboxylic acids is 2. The van der Waals surface area contributed by atoms with Crippen molar-refractivity contribution in [3.05, 3.63) is 0 Å². The van der Waals surface area contributed by atoms with Crippen LogP contribution in [0, 0.1) is 0 Å². The summed E-state index contributed by atoms with van der Waals surface area (Å²) in [6.07, 6.45) is 1.40. The van der Waals surface area contributed by atoms with E-state index < -0.39 is 17.7 Å². The number of hydrogen-bond donors (Lipinski definition) is 1. The fourth-order valence-electron chi connectivity index (χ4n) is 1.42. The Bertz CT molecular complexity index is 256. The molecule has 0 saturated carbocycles. The van der Waals surface area contributed by atoms with Gasteiger partial charge in [-0.25, -0.2) is 0 Å². The number of nitrogens with zero attached hydrogens (tertiary/aromatic N) is 1. The van der Waals surface area contributed by atoms with Crippen molar-refractivity contribution < 1.29 is 19.5 Å². The number of carboxylic acid groups (broad SMARTS) is 1. The van der Waals surface area contributed by atoms with Crippen molar-refractivity contribution in [1.82, 2.24) is 4.90 Å². The van der Waals surface area contributed by atoms with Crippen LogP contribution in [0.2, 0.25) is 0 Å². The number of likely N-dealkylation sites (tertiary alicyclic amines) is 1. The first kappa shape index (κ1) is 10.7. The molecule has 0 bridgehead atoms. The van der Waals surface area contributed by atoms with Crippen molar-refractivity contribution >= 4 is 17.7 Å². The monoisotopic (exact) mass is 199 g/mol. The molecule has 0 aromatic heterocycles. The Kier molecular flexibility index (Phi) is 3.62. The first-order chi connectivity index (χ1) is 6.61. The smallest absolute Gasteiger partial charge is 0.303 e. The van der Waals surface area contributed by atoms with E-state index in [1.165, 1.54) is 4.90 Å². The second kappa shape index (κ2) is 4.74. The van der Waals surface area contributed by atoms with Crippen LogP contribution >= 0.6 is 0 Å². The highest BCUT2D eigenvalue weighted by Gasteiger charge is 2.24. The van der Waals surface area contributed by atoms with Gasteiger partial charge in [-0.1, -0.05) is 0 Å². The van der Waals surface area contributed by atoms with Gasteiger partial charge in [-0.05, 0) is 12.8 Å². The molecule has 0 unspecified atom stereocenters. The van der Waals surface area contributed by atoms with Gasteiger partial charge >= 0.3 is 5.97 Å². The molecule has 1 N–H and O–H groups in total. The molecule has 1 fully saturated rings. The Balaban J connectivity index is 2.36. The summed E-state index contributed by atoms with van der Waals surface area (Å²) in [5, 5.41) is 8.33. The summed E-state index contributed by atoms with van der Waals surface area (Å²) in [6, 6.07) is 0. The summed E-state index contributed by atoms with van der Waals surface area (Å²) in [6.45, 7) is 1.25. The zero-order chi connectivity index (χ0) is 10.6. The predicted molar refractivity (Wildman–Crippen MR) is 47.7 cm³/mol. The Hall–Kier alpha value is -1.39. The molecule has 0 aliphatic carbocycles. The van der Waals surface area contributed by atoms with E-state index in [9.17, 15) is 14.4 Å². The van der Waals surface area contributed by atoms with E-state index in [1.54, 1.807) is 0 Å². The number of carbonyl (C=O) groups is 3. The minimum atomic E-state index is -1.05. The lowest BCUT2D eigenvalue weighted by molar-refractivity contribution is -0.145. The van der Waals surface area contributed by atoms with Crippen molar-refractivity contribution in [3.8, 4) is 0 Å². The largest absolute Gasteiger partial charge is 0.481 e. The number of aliphatic carboxylic acids is 1. The molecule has 78 valence electrons. The SMILES string of the molecule is O=C(O)CCC(=O)C(=O)N1CCCC1. The lowest BCUT2D eigenvalue weighted by atomic mass is 10.2. The Labute approximate surface area is 81.7 Å². The summed E-state index contributed by atoms with van der Waals surface area (Å²) < 4.78 is 0. The van der Waals surface area contributed by atoms with E-state index in [1.807, 2.05) is 0 Å². The molecule has 1 amide bonds. The molecule has 5 nitrogen and oxygen atoms in total. The summed E-state index contributed by atoms with van der Waals surface area (Å²) in [5.74, 6) is -2.16. The first-order valence-corrected chi connectivity index (χ1v) is 4.65. The summed E-state index contributed by atoms with van der Waals surface area (Å²) in [7, 11) is 0. The molecule has 0 aromatic carbocycles. The number of hydrogen-bond acceptors (Lipinski definition) is 3. The van der Waals surface area contributed by atoms with E-state index in [0.29, 0.717) is 13.1 Å². The molecule has 0 aromatic rings. The molecular weight excluding hydrogens is 186 g/mol. The van der Waals surface area contributed by atoms with E-state index in [2.05, 4.69) is 0 Å². The average molecular weight is 199 g/mol. The zero-order valence-corrected chi connectivity index (χ0v) is 7.86. The number of rotatable bonds is 4. The zero-order valence-electron chi connectivity index (χ0n) is 7.86. The third-order valence-electron chi connectivity index (χ3n) is 2.20. The Morgan fingerprint density at radius 1 is 1.07 bits per heavy atom. The van der Waals surface area contributed by atoms with Gasteiger partial charge in [0.2, 0.25) is 5.78 Å². The Morgan fingerprint density at radius 3 is 2.14 bits per heavy atom. The molecule has 14 heavy (non-hydrogen) atoms. The van der Waals surface area contributed by atoms with Crippen molar-refractivity contribution in [2.75, 3.05) is 13.1 Å². The second-order valence-electron chi connectivity index (χ2n) is 3.32. The van der Waals surface area contributed by atoms with Gasteiger partial charge in [0.05, 0.1) is 6.42 Å². The number of amides is 1. The highest BCUT2D eigenvalue weighted by Crippen LogP contribution is 2.08. The summed E-state index contributed by atoms with van der Waals surface area (Å²) in [4.78, 5) is 34.2. The normalized spacial score (nSPS) is 15.6. The van der Waals surface area contributed by atoms with Crippen LogP contribution in [0.25, 0.3) is 0 Å². The van der Waals surface area contributed by atoms with Gasteiger partial charge in [0.15, 0.2) is 0 Å². The molecular formula is C9H13NO4. The highest BCUT2D eigenvalue weighted by molar-refractivity contribution is 6.36. The van der Waals surface area contributed by atoms with Crippen molar-refractivity contribution in [2.45, 2.75) is 25.7 Å². The van der Waals surface area contributed by atoms with Crippen LogP contribution in [0.15, 0.2) is 0 Å². The molecule has 1 saturated heterocycles. The van der Waals surface area contributed by atoms with Gasteiger partial charge in [0.25, 0.3) is 5.91 Å². The molecule has 5 heteroatoms. The van der Waals surface area contributed by atoms with E-state index >= 15 is 0 Å². The van der Waals surface area contributed by atoms with Gasteiger partial charge in [-0.3, -0.25) is 14.4 Å². The van der Waals surface area contributed by atoms with E-state index in [0.717, 1.165) is 12.8 Å². The highest BCUT2D eigenvalue weighted by atomic mass is 16.4. The van der Waals surface area contributed by atoms with Gasteiger partial charge in [-0.15, -0.1) is 0 Å². The topological polar surface area (TPSA) is 74.7 Å². The van der Waals surface area contributed by atoms with Crippen molar-refractivity contribution in [2.24, 2.45) is 0 Å². The summed E-state index contributed by atoms with van der Waals surface area (Å²) in [5.41, 5.74) is 0. The molecule has 1 aliphatic heterocycles. The minimum Gasteiger partial charge on any atom is -0.481 e. The first-order valence-electron chi connectivity index (χ1n) is 4.65. The van der Waals surface area contributed by atoms with Crippen LogP contribution in [0.4, 0.5) is 0 Å². The van der Waals surface area contributed by atoms with Crippen molar-refractivity contribution in [3.63, 3.8) is 0 Å². The van der Waals surface area contributed by atoms with Gasteiger partial charge < -0.3 is 10.0 Å². The lowest BCUT2D eigenvalue weighted by Gasteiger charge is -2.13. The predicted octanol–water partition coefficient (Wildman–Crippen LogP) is 0.0427. The fraction of sp³-hybridized carbons (Fsp3) is 0.667. The maximum absolute atomic E-state index is 11.3. The standard InChI is InChI=1S/C9H13NO4/c11-7(3-4-8(12)13)9(14)10-5-1-2-6-10/h1-6H2,(H,12,13). The number of carboxylic acids is 1. The number of ketones is 1. The molecule has 1 heterocycles. The van der Waals surface area contributed by atoms with E-state index in [-0.39, 0.29) is 12.8 Å². The van der Waals surface area contributed by atoms with Crippen LogP contribution in [-0.2, 0) is 14.4 Å². The van der Waals surface area contributed by atoms with Gasteiger partial charge in [0.1, 0.15) is 0 Å². The number of Topliss-reactive ketones (excluding diaryl/α,β-unsaturated/α-hetero) is 1. The quantitative estimate of drug-likeness (QED) is 0.649. The molecule has 0 atom stereocenters. The maximum Gasteiger partial charge on any atom is 0.303 e. The third-order valence-corrected chi connectivity index (χ3v) is 2.20. The van der Waals surface area contributed by atoms with Crippen LogP contribution in [0.1, 0.15) is 25.7 Å². The van der Waals surface area contributed by atoms with Crippen LogP contribution in [0.3, 0.4) is 0 Å². The molecule has 0 radical (unpaired) electrons. The minimum absolute atomic E-state index is 0.190. The van der Waals surface area contributed by atoms with Gasteiger partial charge in [0, 0.05) is 19.5 Å². The molecule has 0 spiro atoms. The fourth-order valence-corrected chi connectivity index (χ4v) is 1.42. The van der Waals surface area contributed by atoms with Crippen LogP contribution in [-0.4, -0.2) is 40.8 Å². The van der Waals surface area contributed by atoms with E-state index in [4.69, 9.17) is 5.11 Å².